The SMILES string of the molecule is CN(C)[C@H](CNC(=O)/C=C/c1ccccc1OC(F)F)c1cccc(F)c1. The van der Waals surface area contributed by atoms with Gasteiger partial charge in [0.25, 0.3) is 0 Å². The highest BCUT2D eigenvalue weighted by atomic mass is 19.3. The summed E-state index contributed by atoms with van der Waals surface area (Å²) < 4.78 is 42.7. The molecular formula is C20H21F3N2O2. The molecule has 0 aliphatic heterocycles. The number of likely N-dealkylation sites (N-methyl/N-ethyl adjacent to an activating group) is 1. The van der Waals surface area contributed by atoms with Gasteiger partial charge in [-0.05, 0) is 43.9 Å². The van der Waals surface area contributed by atoms with E-state index >= 15 is 0 Å². The van der Waals surface area contributed by atoms with Crippen molar-refractivity contribution < 1.29 is 22.7 Å². The van der Waals surface area contributed by atoms with Crippen LogP contribution in [0.3, 0.4) is 0 Å². The first-order chi connectivity index (χ1) is 12.9. The molecule has 0 aromatic heterocycles. The molecule has 0 unspecified atom stereocenters. The van der Waals surface area contributed by atoms with Crippen molar-refractivity contribution in [2.24, 2.45) is 0 Å². The third kappa shape index (κ3) is 6.45. The third-order valence-corrected chi connectivity index (χ3v) is 3.88. The van der Waals surface area contributed by atoms with Gasteiger partial charge in [0.15, 0.2) is 0 Å². The molecule has 2 rings (SSSR count). The van der Waals surface area contributed by atoms with Crippen LogP contribution in [0.15, 0.2) is 54.6 Å². The number of benzene rings is 2. The van der Waals surface area contributed by atoms with E-state index in [0.717, 1.165) is 5.56 Å². The molecule has 2 aromatic carbocycles. The predicted octanol–water partition coefficient (Wildman–Crippen LogP) is 3.86. The van der Waals surface area contributed by atoms with Gasteiger partial charge in [0.1, 0.15) is 11.6 Å². The van der Waals surface area contributed by atoms with E-state index in [2.05, 4.69) is 10.1 Å². The van der Waals surface area contributed by atoms with E-state index in [4.69, 9.17) is 0 Å². The van der Waals surface area contributed by atoms with Crippen LogP contribution in [-0.4, -0.2) is 38.1 Å². The van der Waals surface area contributed by atoms with Crippen LogP contribution in [0.1, 0.15) is 17.2 Å². The Balaban J connectivity index is 2.01. The van der Waals surface area contributed by atoms with Crippen molar-refractivity contribution in [2.75, 3.05) is 20.6 Å². The minimum atomic E-state index is -2.94. The number of para-hydroxylation sites is 1. The number of rotatable bonds is 8. The summed E-state index contributed by atoms with van der Waals surface area (Å²) >= 11 is 0. The van der Waals surface area contributed by atoms with Gasteiger partial charge in [-0.1, -0.05) is 30.3 Å². The highest BCUT2D eigenvalue weighted by Gasteiger charge is 2.15. The van der Waals surface area contributed by atoms with Gasteiger partial charge in [0.05, 0.1) is 6.04 Å². The van der Waals surface area contributed by atoms with Crippen molar-refractivity contribution in [2.45, 2.75) is 12.7 Å². The second-order valence-corrected chi connectivity index (χ2v) is 6.03. The molecule has 1 amide bonds. The number of hydrogen-bond acceptors (Lipinski definition) is 3. The van der Waals surface area contributed by atoms with Crippen molar-refractivity contribution >= 4 is 12.0 Å². The molecule has 4 nitrogen and oxygen atoms in total. The number of alkyl halides is 2. The van der Waals surface area contributed by atoms with Crippen molar-refractivity contribution in [3.8, 4) is 5.75 Å². The Kier molecular flexibility index (Phi) is 7.43. The van der Waals surface area contributed by atoms with Crippen molar-refractivity contribution in [1.82, 2.24) is 10.2 Å². The molecule has 144 valence electrons. The Morgan fingerprint density at radius 2 is 1.93 bits per heavy atom. The molecule has 2 aromatic rings. The summed E-state index contributed by atoms with van der Waals surface area (Å²) in [7, 11) is 3.66. The molecule has 27 heavy (non-hydrogen) atoms. The summed E-state index contributed by atoms with van der Waals surface area (Å²) in [5, 5.41) is 2.73. The van der Waals surface area contributed by atoms with Crippen molar-refractivity contribution in [3.05, 3.63) is 71.6 Å². The van der Waals surface area contributed by atoms with Gasteiger partial charge in [-0.3, -0.25) is 4.79 Å². The Bertz CT molecular complexity index is 794. The van der Waals surface area contributed by atoms with Gasteiger partial charge in [-0.25, -0.2) is 4.39 Å². The number of carbonyl (C=O) groups excluding carboxylic acids is 1. The van der Waals surface area contributed by atoms with Crippen LogP contribution in [-0.2, 0) is 4.79 Å². The second-order valence-electron chi connectivity index (χ2n) is 6.03. The zero-order chi connectivity index (χ0) is 19.8. The number of nitrogens with zero attached hydrogens (tertiary/aromatic N) is 1. The Morgan fingerprint density at radius 1 is 1.19 bits per heavy atom. The molecule has 0 heterocycles. The number of hydrogen-bond donors (Lipinski definition) is 1. The average molecular weight is 378 g/mol. The van der Waals surface area contributed by atoms with E-state index in [1.54, 1.807) is 30.3 Å². The predicted molar refractivity (Wildman–Crippen MR) is 97.9 cm³/mol. The number of amides is 1. The number of nitrogens with one attached hydrogen (secondary N) is 1. The summed E-state index contributed by atoms with van der Waals surface area (Å²) in [6.07, 6.45) is 2.64. The summed E-state index contributed by atoms with van der Waals surface area (Å²) in [4.78, 5) is 14.0. The summed E-state index contributed by atoms with van der Waals surface area (Å²) in [5.41, 5.74) is 1.10. The number of ether oxygens (including phenoxy) is 1. The lowest BCUT2D eigenvalue weighted by atomic mass is 10.1. The maximum absolute atomic E-state index is 13.4. The van der Waals surface area contributed by atoms with E-state index in [-0.39, 0.29) is 24.2 Å². The molecule has 0 spiro atoms. The zero-order valence-electron chi connectivity index (χ0n) is 15.0. The first-order valence-corrected chi connectivity index (χ1v) is 8.28. The van der Waals surface area contributed by atoms with E-state index in [0.29, 0.717) is 5.56 Å². The first kappa shape index (κ1) is 20.5. The Hall–Kier alpha value is -2.80. The third-order valence-electron chi connectivity index (χ3n) is 3.88. The molecule has 0 saturated carbocycles. The van der Waals surface area contributed by atoms with Gasteiger partial charge in [0, 0.05) is 18.2 Å². The topological polar surface area (TPSA) is 41.6 Å². The molecule has 0 fully saturated rings. The number of halogens is 3. The molecule has 0 radical (unpaired) electrons. The molecule has 1 atom stereocenters. The van der Waals surface area contributed by atoms with E-state index in [1.807, 2.05) is 19.0 Å². The van der Waals surface area contributed by atoms with E-state index in [9.17, 15) is 18.0 Å². The van der Waals surface area contributed by atoms with Crippen LogP contribution < -0.4 is 10.1 Å². The standard InChI is InChI=1S/C20H21F3N2O2/c1-25(2)17(15-7-5-8-16(21)12-15)13-24-19(26)11-10-14-6-3-4-9-18(14)27-20(22)23/h3-12,17,20H,13H2,1-2H3,(H,24,26)/b11-10+/t17-/m1/s1. The fourth-order valence-corrected chi connectivity index (χ4v) is 2.56. The van der Waals surface area contributed by atoms with E-state index in [1.165, 1.54) is 30.4 Å². The zero-order valence-corrected chi connectivity index (χ0v) is 15.0. The largest absolute Gasteiger partial charge is 0.434 e. The fourth-order valence-electron chi connectivity index (χ4n) is 2.56. The van der Waals surface area contributed by atoms with Crippen LogP contribution in [0.25, 0.3) is 6.08 Å². The molecule has 1 N–H and O–H groups in total. The quantitative estimate of drug-likeness (QED) is 0.710. The lowest BCUT2D eigenvalue weighted by molar-refractivity contribution is -0.116. The lowest BCUT2D eigenvalue weighted by Crippen LogP contribution is -2.33. The maximum atomic E-state index is 13.4. The maximum Gasteiger partial charge on any atom is 0.387 e. The highest BCUT2D eigenvalue weighted by molar-refractivity contribution is 5.92. The van der Waals surface area contributed by atoms with Crippen LogP contribution in [0.2, 0.25) is 0 Å². The normalized spacial score (nSPS) is 12.6. The van der Waals surface area contributed by atoms with Gasteiger partial charge in [-0.2, -0.15) is 8.78 Å². The smallest absolute Gasteiger partial charge is 0.387 e. The van der Waals surface area contributed by atoms with Gasteiger partial charge in [-0.15, -0.1) is 0 Å². The molecule has 0 saturated heterocycles. The average Bonchev–Trinajstić information content (AvgIpc) is 2.60. The van der Waals surface area contributed by atoms with Crippen LogP contribution >= 0.6 is 0 Å². The minimum absolute atomic E-state index is 0.0116. The van der Waals surface area contributed by atoms with Crippen LogP contribution in [0, 0.1) is 5.82 Å². The molecule has 0 aliphatic carbocycles. The van der Waals surface area contributed by atoms with Gasteiger partial charge >= 0.3 is 6.61 Å². The number of carbonyl (C=O) groups is 1. The summed E-state index contributed by atoms with van der Waals surface area (Å²) in [6.45, 7) is -2.69. The van der Waals surface area contributed by atoms with Crippen LogP contribution in [0.5, 0.6) is 5.75 Å². The summed E-state index contributed by atoms with van der Waals surface area (Å²) in [6, 6.07) is 12.1. The second kappa shape index (κ2) is 9.78. The summed E-state index contributed by atoms with van der Waals surface area (Å²) in [5.74, 6) is -0.756. The van der Waals surface area contributed by atoms with Gasteiger partial charge in [0.2, 0.25) is 5.91 Å². The minimum Gasteiger partial charge on any atom is -0.434 e. The first-order valence-electron chi connectivity index (χ1n) is 8.28. The van der Waals surface area contributed by atoms with Gasteiger partial charge < -0.3 is 15.0 Å². The van der Waals surface area contributed by atoms with Crippen LogP contribution in [0.4, 0.5) is 13.2 Å². The van der Waals surface area contributed by atoms with Crippen molar-refractivity contribution in [1.29, 1.82) is 0 Å². The molecule has 0 bridgehead atoms. The van der Waals surface area contributed by atoms with E-state index < -0.39 is 12.5 Å². The lowest BCUT2D eigenvalue weighted by Gasteiger charge is -2.25. The fraction of sp³-hybridized carbons (Fsp3) is 0.250. The molecular weight excluding hydrogens is 357 g/mol. The molecule has 0 aliphatic rings. The Labute approximate surface area is 156 Å². The highest BCUT2D eigenvalue weighted by Crippen LogP contribution is 2.21. The molecule has 7 heteroatoms. The Morgan fingerprint density at radius 3 is 2.59 bits per heavy atom. The monoisotopic (exact) mass is 378 g/mol. The van der Waals surface area contributed by atoms with Crippen molar-refractivity contribution in [3.63, 3.8) is 0 Å².